The highest BCUT2D eigenvalue weighted by Crippen LogP contribution is 2.29. The largest absolute Gasteiger partial charge is 0.497 e. The molecule has 0 amide bonds. The second-order valence-electron chi connectivity index (χ2n) is 3.66. The van der Waals surface area contributed by atoms with Gasteiger partial charge in [-0.2, -0.15) is 4.39 Å². The van der Waals surface area contributed by atoms with Crippen molar-refractivity contribution in [3.8, 4) is 17.1 Å². The number of H-pyrrole nitrogens is 1. The molecule has 6 heteroatoms. The fourth-order valence-electron chi connectivity index (χ4n) is 1.51. The van der Waals surface area contributed by atoms with E-state index in [1.807, 2.05) is 0 Å². The quantitative estimate of drug-likeness (QED) is 0.927. The lowest BCUT2D eigenvalue weighted by Crippen LogP contribution is -2.15. The number of hydrogen-bond donors (Lipinski definition) is 1. The van der Waals surface area contributed by atoms with Crippen LogP contribution in [0.25, 0.3) is 11.4 Å². The zero-order chi connectivity index (χ0) is 13.3. The van der Waals surface area contributed by atoms with Crippen LogP contribution in [0.4, 0.5) is 4.39 Å². The average Bonchev–Trinajstić information content (AvgIpc) is 2.36. The standard InChI is InChI=1S/C12H10BrFN2O2/c1-6-10(14)12(17)16-11(15-6)8-5-7(18-2)3-4-9(8)13/h3-5H,1-2H3,(H,15,16,17). The third kappa shape index (κ3) is 2.28. The first-order valence-electron chi connectivity index (χ1n) is 5.13. The second-order valence-corrected chi connectivity index (χ2v) is 4.51. The third-order valence-electron chi connectivity index (χ3n) is 2.46. The van der Waals surface area contributed by atoms with Crippen molar-refractivity contribution in [2.75, 3.05) is 7.11 Å². The van der Waals surface area contributed by atoms with Crippen molar-refractivity contribution in [3.05, 3.63) is 44.5 Å². The predicted octanol–water partition coefficient (Wildman–Crippen LogP) is 2.66. The number of aryl methyl sites for hydroxylation is 1. The van der Waals surface area contributed by atoms with Crippen molar-refractivity contribution in [2.24, 2.45) is 0 Å². The monoisotopic (exact) mass is 312 g/mol. The molecule has 0 aliphatic heterocycles. The van der Waals surface area contributed by atoms with Crippen molar-refractivity contribution in [2.45, 2.75) is 6.92 Å². The summed E-state index contributed by atoms with van der Waals surface area (Å²) in [5, 5.41) is 0. The smallest absolute Gasteiger partial charge is 0.287 e. The Hall–Kier alpha value is -1.69. The first-order valence-corrected chi connectivity index (χ1v) is 5.92. The molecule has 0 spiro atoms. The van der Waals surface area contributed by atoms with Crippen LogP contribution >= 0.6 is 15.9 Å². The van der Waals surface area contributed by atoms with Crippen LogP contribution in [0, 0.1) is 12.7 Å². The number of methoxy groups -OCH3 is 1. The minimum Gasteiger partial charge on any atom is -0.497 e. The maximum Gasteiger partial charge on any atom is 0.287 e. The highest BCUT2D eigenvalue weighted by molar-refractivity contribution is 9.10. The molecule has 18 heavy (non-hydrogen) atoms. The Morgan fingerprint density at radius 1 is 1.44 bits per heavy atom. The van der Waals surface area contributed by atoms with E-state index in [0.717, 1.165) is 4.47 Å². The highest BCUT2D eigenvalue weighted by atomic mass is 79.9. The minimum absolute atomic E-state index is 0.0588. The molecule has 0 radical (unpaired) electrons. The molecule has 0 bridgehead atoms. The van der Waals surface area contributed by atoms with E-state index in [0.29, 0.717) is 17.1 Å². The molecule has 0 saturated carbocycles. The lowest BCUT2D eigenvalue weighted by atomic mass is 10.2. The molecule has 0 atom stereocenters. The first kappa shape index (κ1) is 12.8. The number of rotatable bonds is 2. The number of aromatic nitrogens is 2. The van der Waals surface area contributed by atoms with Crippen molar-refractivity contribution in [3.63, 3.8) is 0 Å². The van der Waals surface area contributed by atoms with E-state index in [1.165, 1.54) is 6.92 Å². The molecule has 1 heterocycles. The number of hydrogen-bond acceptors (Lipinski definition) is 3. The lowest BCUT2D eigenvalue weighted by Gasteiger charge is -2.07. The molecule has 1 aromatic carbocycles. The zero-order valence-electron chi connectivity index (χ0n) is 9.75. The molecule has 0 unspecified atom stereocenters. The van der Waals surface area contributed by atoms with Gasteiger partial charge in [-0.3, -0.25) is 4.79 Å². The maximum absolute atomic E-state index is 13.2. The molecule has 0 saturated heterocycles. The van der Waals surface area contributed by atoms with Crippen molar-refractivity contribution in [1.29, 1.82) is 0 Å². The van der Waals surface area contributed by atoms with Crippen LogP contribution in [-0.4, -0.2) is 17.1 Å². The summed E-state index contributed by atoms with van der Waals surface area (Å²) in [4.78, 5) is 17.8. The Morgan fingerprint density at radius 2 is 2.17 bits per heavy atom. The van der Waals surface area contributed by atoms with Crippen LogP contribution in [0.2, 0.25) is 0 Å². The van der Waals surface area contributed by atoms with Gasteiger partial charge in [0.15, 0.2) is 0 Å². The summed E-state index contributed by atoms with van der Waals surface area (Å²) < 4.78 is 19.1. The highest BCUT2D eigenvalue weighted by Gasteiger charge is 2.11. The molecule has 0 fully saturated rings. The van der Waals surface area contributed by atoms with Gasteiger partial charge in [0.1, 0.15) is 11.6 Å². The molecule has 0 aliphatic rings. The van der Waals surface area contributed by atoms with E-state index in [-0.39, 0.29) is 5.69 Å². The van der Waals surface area contributed by atoms with Crippen molar-refractivity contribution < 1.29 is 9.13 Å². The summed E-state index contributed by atoms with van der Waals surface area (Å²) in [6, 6.07) is 5.24. The number of nitrogens with one attached hydrogen (secondary N) is 1. The van der Waals surface area contributed by atoms with E-state index in [2.05, 4.69) is 25.9 Å². The molecular weight excluding hydrogens is 303 g/mol. The van der Waals surface area contributed by atoms with E-state index < -0.39 is 11.4 Å². The molecule has 1 aromatic heterocycles. The van der Waals surface area contributed by atoms with Gasteiger partial charge in [-0.15, -0.1) is 0 Å². The number of nitrogens with zero attached hydrogens (tertiary/aromatic N) is 1. The third-order valence-corrected chi connectivity index (χ3v) is 3.15. The summed E-state index contributed by atoms with van der Waals surface area (Å²) in [6.45, 7) is 1.45. The van der Waals surface area contributed by atoms with Gasteiger partial charge in [-0.05, 0) is 25.1 Å². The van der Waals surface area contributed by atoms with Gasteiger partial charge in [-0.25, -0.2) is 4.98 Å². The van der Waals surface area contributed by atoms with Gasteiger partial charge in [0.05, 0.1) is 12.8 Å². The molecule has 1 N–H and O–H groups in total. The second kappa shape index (κ2) is 4.89. The average molecular weight is 313 g/mol. The van der Waals surface area contributed by atoms with E-state index in [4.69, 9.17) is 4.74 Å². The van der Waals surface area contributed by atoms with Crippen LogP contribution in [-0.2, 0) is 0 Å². The summed E-state index contributed by atoms with van der Waals surface area (Å²) in [5.74, 6) is 0.0558. The van der Waals surface area contributed by atoms with Gasteiger partial charge in [-0.1, -0.05) is 15.9 Å². The minimum atomic E-state index is -0.863. The fraction of sp³-hybridized carbons (Fsp3) is 0.167. The predicted molar refractivity (Wildman–Crippen MR) is 69.2 cm³/mol. The molecule has 0 aliphatic carbocycles. The van der Waals surface area contributed by atoms with Crippen LogP contribution in [0.1, 0.15) is 5.69 Å². The Labute approximate surface area is 111 Å². The maximum atomic E-state index is 13.2. The number of halogens is 2. The van der Waals surface area contributed by atoms with Crippen LogP contribution in [0.15, 0.2) is 27.5 Å². The normalized spacial score (nSPS) is 10.4. The van der Waals surface area contributed by atoms with E-state index in [9.17, 15) is 9.18 Å². The zero-order valence-corrected chi connectivity index (χ0v) is 11.3. The Kier molecular flexibility index (Phi) is 3.47. The summed E-state index contributed by atoms with van der Waals surface area (Å²) in [5.41, 5.74) is -0.0924. The van der Waals surface area contributed by atoms with Gasteiger partial charge >= 0.3 is 0 Å². The first-order chi connectivity index (χ1) is 8.52. The molecule has 2 rings (SSSR count). The number of benzene rings is 1. The topological polar surface area (TPSA) is 55.0 Å². The molecule has 2 aromatic rings. The van der Waals surface area contributed by atoms with Crippen molar-refractivity contribution >= 4 is 15.9 Å². The summed E-state index contributed by atoms with van der Waals surface area (Å²) in [6.07, 6.45) is 0. The molecular formula is C12H10BrFN2O2. The molecule has 4 nitrogen and oxygen atoms in total. The van der Waals surface area contributed by atoms with E-state index in [1.54, 1.807) is 25.3 Å². The summed E-state index contributed by atoms with van der Waals surface area (Å²) in [7, 11) is 1.54. The fourth-order valence-corrected chi connectivity index (χ4v) is 1.95. The van der Waals surface area contributed by atoms with E-state index >= 15 is 0 Å². The van der Waals surface area contributed by atoms with Gasteiger partial charge in [0.25, 0.3) is 5.56 Å². The molecule has 94 valence electrons. The lowest BCUT2D eigenvalue weighted by molar-refractivity contribution is 0.415. The van der Waals surface area contributed by atoms with Crippen molar-refractivity contribution in [1.82, 2.24) is 9.97 Å². The van der Waals surface area contributed by atoms with Crippen LogP contribution in [0.3, 0.4) is 0 Å². The number of aromatic amines is 1. The van der Waals surface area contributed by atoms with Gasteiger partial charge in [0, 0.05) is 10.0 Å². The van der Waals surface area contributed by atoms with Gasteiger partial charge < -0.3 is 9.72 Å². The Morgan fingerprint density at radius 3 is 2.78 bits per heavy atom. The Balaban J connectivity index is 2.65. The van der Waals surface area contributed by atoms with Crippen LogP contribution in [0.5, 0.6) is 5.75 Å². The Bertz CT molecular complexity index is 655. The summed E-state index contributed by atoms with van der Waals surface area (Å²) >= 11 is 3.35. The van der Waals surface area contributed by atoms with Gasteiger partial charge in [0.2, 0.25) is 5.82 Å². The number of ether oxygens (including phenoxy) is 1. The van der Waals surface area contributed by atoms with Crippen LogP contribution < -0.4 is 10.3 Å². The SMILES string of the molecule is COc1ccc(Br)c(-c2nc(C)c(F)c(=O)[nH]2)c1.